The van der Waals surface area contributed by atoms with Crippen molar-refractivity contribution in [2.45, 2.75) is 78.2 Å². The van der Waals surface area contributed by atoms with E-state index in [4.69, 9.17) is 0 Å². The number of rotatable bonds is 3. The van der Waals surface area contributed by atoms with Crippen LogP contribution in [0.5, 0.6) is 0 Å². The number of aliphatic hydroxyl groups excluding tert-OH is 1. The number of aliphatic hydroxyl groups is 1. The molecule has 3 saturated carbocycles. The lowest BCUT2D eigenvalue weighted by atomic mass is 9.50. The first-order valence-electron chi connectivity index (χ1n) is 12.0. The maximum atomic E-state index is 10.2. The van der Waals surface area contributed by atoms with E-state index in [2.05, 4.69) is 63.3 Å². The lowest BCUT2D eigenvalue weighted by molar-refractivity contribution is 0.0337. The average Bonchev–Trinajstić information content (AvgIpc) is 3.06. The van der Waals surface area contributed by atoms with Crippen LogP contribution in [0.25, 0.3) is 0 Å². The fourth-order valence-electron chi connectivity index (χ4n) is 8.09. The van der Waals surface area contributed by atoms with Crippen molar-refractivity contribution < 1.29 is 5.11 Å². The van der Waals surface area contributed by atoms with Crippen LogP contribution >= 0.6 is 0 Å². The molecule has 5 rings (SSSR count). The van der Waals surface area contributed by atoms with Crippen LogP contribution in [0.15, 0.2) is 53.6 Å². The highest BCUT2D eigenvalue weighted by atomic mass is 16.3. The summed E-state index contributed by atoms with van der Waals surface area (Å²) in [6, 6.07) is 11.1. The van der Waals surface area contributed by atoms with Gasteiger partial charge in [-0.1, -0.05) is 74.4 Å². The predicted molar refractivity (Wildman–Crippen MR) is 120 cm³/mol. The minimum Gasteiger partial charge on any atom is -0.393 e. The summed E-state index contributed by atoms with van der Waals surface area (Å²) in [6.45, 7) is 7.64. The summed E-state index contributed by atoms with van der Waals surface area (Å²) in [6.07, 6.45) is 14.6. The van der Waals surface area contributed by atoms with E-state index in [9.17, 15) is 5.11 Å². The van der Waals surface area contributed by atoms with Gasteiger partial charge in [0.1, 0.15) is 0 Å². The first-order chi connectivity index (χ1) is 13.9. The monoisotopic (exact) mass is 390 g/mol. The molecule has 0 amide bonds. The van der Waals surface area contributed by atoms with E-state index in [1.54, 1.807) is 5.57 Å². The predicted octanol–water partition coefficient (Wildman–Crippen LogP) is 6.73. The van der Waals surface area contributed by atoms with Crippen molar-refractivity contribution in [1.29, 1.82) is 0 Å². The highest BCUT2D eigenvalue weighted by molar-refractivity contribution is 5.39. The van der Waals surface area contributed by atoms with Crippen LogP contribution in [0.2, 0.25) is 0 Å². The van der Waals surface area contributed by atoms with Gasteiger partial charge in [0.2, 0.25) is 0 Å². The molecule has 29 heavy (non-hydrogen) atoms. The number of hydrogen-bond acceptors (Lipinski definition) is 1. The highest BCUT2D eigenvalue weighted by Crippen LogP contribution is 2.66. The topological polar surface area (TPSA) is 20.2 Å². The van der Waals surface area contributed by atoms with Crippen LogP contribution in [0.1, 0.15) is 71.3 Å². The Balaban J connectivity index is 1.40. The minimum absolute atomic E-state index is 0.118. The van der Waals surface area contributed by atoms with Gasteiger partial charge in [0.05, 0.1) is 6.10 Å². The van der Waals surface area contributed by atoms with Gasteiger partial charge in [0, 0.05) is 0 Å². The first-order valence-corrected chi connectivity index (χ1v) is 12.0. The highest BCUT2D eigenvalue weighted by Gasteiger charge is 2.56. The van der Waals surface area contributed by atoms with Crippen molar-refractivity contribution in [1.82, 2.24) is 0 Å². The van der Waals surface area contributed by atoms with Gasteiger partial charge < -0.3 is 5.11 Å². The van der Waals surface area contributed by atoms with Gasteiger partial charge in [-0.05, 0) is 91.4 Å². The van der Waals surface area contributed by atoms with Crippen LogP contribution < -0.4 is 0 Å². The van der Waals surface area contributed by atoms with Crippen LogP contribution in [0, 0.1) is 34.5 Å². The molecular formula is C28H38O. The molecule has 0 saturated heterocycles. The summed E-state index contributed by atoms with van der Waals surface area (Å²) in [4.78, 5) is 0. The second-order valence-corrected chi connectivity index (χ2v) is 11.2. The van der Waals surface area contributed by atoms with Crippen molar-refractivity contribution >= 4 is 0 Å². The zero-order chi connectivity index (χ0) is 20.2. The second-order valence-electron chi connectivity index (χ2n) is 11.2. The Morgan fingerprint density at radius 2 is 1.76 bits per heavy atom. The molecule has 1 aromatic carbocycles. The fourth-order valence-corrected chi connectivity index (χ4v) is 8.09. The van der Waals surface area contributed by atoms with Crippen molar-refractivity contribution in [3.8, 4) is 0 Å². The normalized spacial score (nSPS) is 42.2. The molecular weight excluding hydrogens is 352 g/mol. The molecule has 3 fully saturated rings. The summed E-state index contributed by atoms with van der Waals surface area (Å²) >= 11 is 0. The zero-order valence-electron chi connectivity index (χ0n) is 18.5. The lowest BCUT2D eigenvalue weighted by Gasteiger charge is -2.55. The molecule has 1 heteroatoms. The molecule has 4 aliphatic rings. The van der Waals surface area contributed by atoms with E-state index in [0.717, 1.165) is 36.5 Å². The van der Waals surface area contributed by atoms with Crippen LogP contribution in [0.4, 0.5) is 0 Å². The summed E-state index contributed by atoms with van der Waals surface area (Å²) in [5, 5.41) is 10.2. The Morgan fingerprint density at radius 3 is 2.55 bits per heavy atom. The van der Waals surface area contributed by atoms with Gasteiger partial charge in [-0.25, -0.2) is 0 Å². The summed E-state index contributed by atoms with van der Waals surface area (Å²) in [5.41, 5.74) is 5.57. The SMILES string of the molecule is C[C@H](Cc1ccccc1)[C@H]1CC[C@H]2C3=CC=C4CC(O)CC[C@]4(C)[C@H]3CC[C@]12C. The standard InChI is InChI=1S/C28H38O/c1-19(17-20-7-5-4-6-8-20)24-11-12-25-23-10-9-21-18-22(29)13-15-27(21,2)26(23)14-16-28(24,25)3/h4-10,19,22,24-26,29H,11-18H2,1-3H3/t19-,22?,24-,25+,26+,27+,28-/m1/s1. The maximum Gasteiger partial charge on any atom is 0.0578 e. The molecule has 156 valence electrons. The molecule has 4 aliphatic carbocycles. The molecule has 0 spiro atoms. The van der Waals surface area contributed by atoms with E-state index in [1.807, 2.05) is 0 Å². The van der Waals surface area contributed by atoms with E-state index in [-0.39, 0.29) is 6.10 Å². The van der Waals surface area contributed by atoms with E-state index in [0.29, 0.717) is 10.8 Å². The number of fused-ring (bicyclic) bond motifs is 5. The minimum atomic E-state index is -0.118. The maximum absolute atomic E-state index is 10.2. The van der Waals surface area contributed by atoms with Gasteiger partial charge in [0.15, 0.2) is 0 Å². The molecule has 0 aliphatic heterocycles. The third-order valence-corrected chi connectivity index (χ3v) is 9.71. The largest absolute Gasteiger partial charge is 0.393 e. The number of benzene rings is 1. The Morgan fingerprint density at radius 1 is 0.966 bits per heavy atom. The third kappa shape index (κ3) is 3.07. The Hall–Kier alpha value is -1.34. The Bertz CT molecular complexity index is 820. The third-order valence-electron chi connectivity index (χ3n) is 9.71. The van der Waals surface area contributed by atoms with Crippen LogP contribution in [0.3, 0.4) is 0 Å². The smallest absolute Gasteiger partial charge is 0.0578 e. The molecule has 0 heterocycles. The molecule has 0 radical (unpaired) electrons. The van der Waals surface area contributed by atoms with E-state index < -0.39 is 0 Å². The molecule has 7 atom stereocenters. The first kappa shape index (κ1) is 19.6. The molecule has 1 nitrogen and oxygen atoms in total. The van der Waals surface area contributed by atoms with Crippen LogP contribution in [-0.2, 0) is 6.42 Å². The van der Waals surface area contributed by atoms with Crippen molar-refractivity contribution in [2.24, 2.45) is 34.5 Å². The summed E-state index contributed by atoms with van der Waals surface area (Å²) < 4.78 is 0. The van der Waals surface area contributed by atoms with Crippen molar-refractivity contribution in [2.75, 3.05) is 0 Å². The molecule has 1 unspecified atom stereocenters. The number of allylic oxidation sites excluding steroid dienone is 3. The quantitative estimate of drug-likeness (QED) is 0.607. The second kappa shape index (κ2) is 7.12. The van der Waals surface area contributed by atoms with Crippen molar-refractivity contribution in [3.05, 3.63) is 59.2 Å². The molecule has 0 aromatic heterocycles. The zero-order valence-corrected chi connectivity index (χ0v) is 18.5. The Kier molecular flexibility index (Phi) is 4.81. The molecule has 1 aromatic rings. The van der Waals surface area contributed by atoms with Crippen LogP contribution in [-0.4, -0.2) is 11.2 Å². The van der Waals surface area contributed by atoms with Gasteiger partial charge in [-0.2, -0.15) is 0 Å². The van der Waals surface area contributed by atoms with Gasteiger partial charge in [-0.3, -0.25) is 0 Å². The summed E-state index contributed by atoms with van der Waals surface area (Å²) in [5.74, 6) is 3.07. The van der Waals surface area contributed by atoms with Crippen molar-refractivity contribution in [3.63, 3.8) is 0 Å². The van der Waals surface area contributed by atoms with Gasteiger partial charge in [0.25, 0.3) is 0 Å². The molecule has 0 bridgehead atoms. The molecule has 1 N–H and O–H groups in total. The van der Waals surface area contributed by atoms with E-state index in [1.165, 1.54) is 49.7 Å². The number of hydrogen-bond donors (Lipinski definition) is 1. The lowest BCUT2D eigenvalue weighted by Crippen LogP contribution is -2.46. The Labute approximate surface area is 177 Å². The van der Waals surface area contributed by atoms with E-state index >= 15 is 0 Å². The van der Waals surface area contributed by atoms with Gasteiger partial charge in [-0.15, -0.1) is 0 Å². The average molecular weight is 391 g/mol. The fraction of sp³-hybridized carbons (Fsp3) is 0.643. The summed E-state index contributed by atoms with van der Waals surface area (Å²) in [7, 11) is 0. The van der Waals surface area contributed by atoms with Gasteiger partial charge >= 0.3 is 0 Å².